The van der Waals surface area contributed by atoms with Crippen molar-refractivity contribution < 1.29 is 19.3 Å². The first-order chi connectivity index (χ1) is 9.26. The van der Waals surface area contributed by atoms with Gasteiger partial charge >= 0.3 is 0 Å². The molecular weight excluding hydrogens is 288 g/mol. The quantitative estimate of drug-likeness (QED) is 0.941. The highest BCUT2D eigenvalue weighted by Crippen LogP contribution is 2.38. The standard InChI is InChI=1S/C13H11ClO4S/c14-13-2-1-9(19-13)6-16-10-4-12-11(17-7-18-12)3-8(10)5-15/h1-4,15H,5-7H2. The smallest absolute Gasteiger partial charge is 0.231 e. The SMILES string of the molecule is OCc1cc2c(cc1OCc1ccc(Cl)s1)OCO2. The molecule has 1 aliphatic rings. The third-order valence-corrected chi connectivity index (χ3v) is 3.93. The van der Waals surface area contributed by atoms with Gasteiger partial charge in [0.2, 0.25) is 6.79 Å². The highest BCUT2D eigenvalue weighted by Gasteiger charge is 2.17. The van der Waals surface area contributed by atoms with Crippen LogP contribution in [-0.2, 0) is 13.2 Å². The number of ether oxygens (including phenoxy) is 3. The first-order valence-electron chi connectivity index (χ1n) is 5.66. The van der Waals surface area contributed by atoms with Gasteiger partial charge in [-0.05, 0) is 18.2 Å². The van der Waals surface area contributed by atoms with Gasteiger partial charge in [0, 0.05) is 16.5 Å². The Morgan fingerprint density at radius 2 is 2.05 bits per heavy atom. The van der Waals surface area contributed by atoms with Crippen LogP contribution in [0.4, 0.5) is 0 Å². The molecule has 1 aliphatic heterocycles. The molecule has 3 rings (SSSR count). The van der Waals surface area contributed by atoms with E-state index in [0.717, 1.165) is 9.21 Å². The predicted molar refractivity (Wildman–Crippen MR) is 72.1 cm³/mol. The number of hydrogen-bond acceptors (Lipinski definition) is 5. The van der Waals surface area contributed by atoms with Gasteiger partial charge < -0.3 is 19.3 Å². The van der Waals surface area contributed by atoms with Crippen LogP contribution < -0.4 is 14.2 Å². The molecule has 0 atom stereocenters. The molecule has 2 heterocycles. The van der Waals surface area contributed by atoms with E-state index in [2.05, 4.69) is 0 Å². The molecule has 1 aromatic carbocycles. The second-order valence-electron chi connectivity index (χ2n) is 3.97. The van der Waals surface area contributed by atoms with Crippen LogP contribution in [0.1, 0.15) is 10.4 Å². The lowest BCUT2D eigenvalue weighted by Crippen LogP contribution is -1.97. The van der Waals surface area contributed by atoms with Crippen LogP contribution in [0.25, 0.3) is 0 Å². The molecular formula is C13H11ClO4S. The first kappa shape index (κ1) is 12.6. The number of rotatable bonds is 4. The molecule has 0 amide bonds. The van der Waals surface area contributed by atoms with E-state index >= 15 is 0 Å². The second kappa shape index (κ2) is 5.28. The third-order valence-electron chi connectivity index (χ3n) is 2.72. The molecule has 0 radical (unpaired) electrons. The number of aliphatic hydroxyl groups excluding tert-OH is 1. The fourth-order valence-electron chi connectivity index (χ4n) is 1.80. The topological polar surface area (TPSA) is 47.9 Å². The summed E-state index contributed by atoms with van der Waals surface area (Å²) in [5.41, 5.74) is 0.673. The Labute approximate surface area is 119 Å². The molecule has 0 saturated carbocycles. The highest BCUT2D eigenvalue weighted by molar-refractivity contribution is 7.16. The van der Waals surface area contributed by atoms with E-state index in [4.69, 9.17) is 25.8 Å². The number of halogens is 1. The van der Waals surface area contributed by atoms with Gasteiger partial charge in [0.15, 0.2) is 11.5 Å². The van der Waals surface area contributed by atoms with Crippen LogP contribution in [0, 0.1) is 0 Å². The molecule has 4 nitrogen and oxygen atoms in total. The lowest BCUT2D eigenvalue weighted by atomic mass is 10.2. The summed E-state index contributed by atoms with van der Waals surface area (Å²) >= 11 is 7.33. The van der Waals surface area contributed by atoms with Crippen molar-refractivity contribution in [2.75, 3.05) is 6.79 Å². The van der Waals surface area contributed by atoms with E-state index in [1.165, 1.54) is 11.3 Å². The minimum Gasteiger partial charge on any atom is -0.488 e. The van der Waals surface area contributed by atoms with Crippen molar-refractivity contribution in [3.8, 4) is 17.2 Å². The van der Waals surface area contributed by atoms with Crippen LogP contribution in [-0.4, -0.2) is 11.9 Å². The Balaban J connectivity index is 1.80. The lowest BCUT2D eigenvalue weighted by Gasteiger charge is -2.10. The average Bonchev–Trinajstić information content (AvgIpc) is 3.03. The van der Waals surface area contributed by atoms with Gasteiger partial charge in [-0.1, -0.05) is 11.6 Å². The Kier molecular flexibility index (Phi) is 3.50. The largest absolute Gasteiger partial charge is 0.488 e. The Morgan fingerprint density at radius 3 is 2.74 bits per heavy atom. The van der Waals surface area contributed by atoms with E-state index in [1.54, 1.807) is 12.1 Å². The maximum absolute atomic E-state index is 9.36. The summed E-state index contributed by atoms with van der Waals surface area (Å²) in [6, 6.07) is 7.22. The fraction of sp³-hybridized carbons (Fsp3) is 0.231. The minimum atomic E-state index is -0.114. The number of benzene rings is 1. The van der Waals surface area contributed by atoms with Crippen LogP contribution in [0.5, 0.6) is 17.2 Å². The predicted octanol–water partition coefficient (Wildman–Crippen LogP) is 3.20. The van der Waals surface area contributed by atoms with E-state index in [1.807, 2.05) is 12.1 Å². The Bertz CT molecular complexity index is 596. The van der Waals surface area contributed by atoms with Gasteiger partial charge in [-0.25, -0.2) is 0 Å². The molecule has 19 heavy (non-hydrogen) atoms. The van der Waals surface area contributed by atoms with Gasteiger partial charge in [-0.3, -0.25) is 0 Å². The number of fused-ring (bicyclic) bond motifs is 1. The molecule has 0 unspecified atom stereocenters. The van der Waals surface area contributed by atoms with E-state index in [0.29, 0.717) is 29.4 Å². The van der Waals surface area contributed by atoms with Gasteiger partial charge in [0.1, 0.15) is 12.4 Å². The lowest BCUT2D eigenvalue weighted by molar-refractivity contribution is 0.173. The Morgan fingerprint density at radius 1 is 1.26 bits per heavy atom. The normalized spacial score (nSPS) is 12.7. The summed E-state index contributed by atoms with van der Waals surface area (Å²) in [4.78, 5) is 1.02. The summed E-state index contributed by atoms with van der Waals surface area (Å²) in [6.45, 7) is 0.491. The van der Waals surface area contributed by atoms with E-state index in [-0.39, 0.29) is 13.4 Å². The van der Waals surface area contributed by atoms with Crippen LogP contribution >= 0.6 is 22.9 Å². The maximum Gasteiger partial charge on any atom is 0.231 e. The van der Waals surface area contributed by atoms with Crippen molar-refractivity contribution >= 4 is 22.9 Å². The van der Waals surface area contributed by atoms with Crippen LogP contribution in [0.15, 0.2) is 24.3 Å². The van der Waals surface area contributed by atoms with Crippen molar-refractivity contribution in [2.45, 2.75) is 13.2 Å². The molecule has 1 aromatic heterocycles. The summed E-state index contributed by atoms with van der Waals surface area (Å²) in [5, 5.41) is 9.36. The van der Waals surface area contributed by atoms with Crippen LogP contribution in [0.3, 0.4) is 0 Å². The number of thiophene rings is 1. The molecule has 0 spiro atoms. The van der Waals surface area contributed by atoms with E-state index in [9.17, 15) is 5.11 Å². The zero-order valence-electron chi connectivity index (χ0n) is 9.89. The molecule has 0 aliphatic carbocycles. The summed E-state index contributed by atoms with van der Waals surface area (Å²) < 4.78 is 17.0. The molecule has 0 saturated heterocycles. The third kappa shape index (κ3) is 2.63. The second-order valence-corrected chi connectivity index (χ2v) is 5.77. The first-order valence-corrected chi connectivity index (χ1v) is 6.86. The summed E-state index contributed by atoms with van der Waals surface area (Å²) in [5.74, 6) is 1.86. The fourth-order valence-corrected chi connectivity index (χ4v) is 2.80. The molecule has 0 bridgehead atoms. The Hall–Kier alpha value is -1.43. The average molecular weight is 299 g/mol. The van der Waals surface area contributed by atoms with Gasteiger partial charge in [-0.2, -0.15) is 0 Å². The van der Waals surface area contributed by atoms with Crippen LogP contribution in [0.2, 0.25) is 4.34 Å². The molecule has 1 N–H and O–H groups in total. The zero-order chi connectivity index (χ0) is 13.2. The number of aliphatic hydroxyl groups is 1. The van der Waals surface area contributed by atoms with Crippen molar-refractivity contribution in [1.29, 1.82) is 0 Å². The van der Waals surface area contributed by atoms with Gasteiger partial charge in [0.05, 0.1) is 10.9 Å². The molecule has 100 valence electrons. The zero-order valence-corrected chi connectivity index (χ0v) is 11.5. The van der Waals surface area contributed by atoms with Crippen molar-refractivity contribution in [3.05, 3.63) is 39.0 Å². The number of hydrogen-bond donors (Lipinski definition) is 1. The molecule has 0 fully saturated rings. The molecule has 2 aromatic rings. The highest BCUT2D eigenvalue weighted by atomic mass is 35.5. The summed E-state index contributed by atoms with van der Waals surface area (Å²) in [7, 11) is 0. The summed E-state index contributed by atoms with van der Waals surface area (Å²) in [6.07, 6.45) is 0. The van der Waals surface area contributed by atoms with E-state index < -0.39 is 0 Å². The van der Waals surface area contributed by atoms with Gasteiger partial charge in [-0.15, -0.1) is 11.3 Å². The van der Waals surface area contributed by atoms with Crippen molar-refractivity contribution in [3.63, 3.8) is 0 Å². The molecule has 6 heteroatoms. The van der Waals surface area contributed by atoms with Crippen molar-refractivity contribution in [1.82, 2.24) is 0 Å². The van der Waals surface area contributed by atoms with Crippen molar-refractivity contribution in [2.24, 2.45) is 0 Å². The minimum absolute atomic E-state index is 0.114. The maximum atomic E-state index is 9.36. The van der Waals surface area contributed by atoms with Gasteiger partial charge in [0.25, 0.3) is 0 Å². The monoisotopic (exact) mass is 298 g/mol.